The maximum Gasteiger partial charge on any atom is 0.228 e. The van der Waals surface area contributed by atoms with Crippen molar-refractivity contribution in [3.05, 3.63) is 48.1 Å². The van der Waals surface area contributed by atoms with Crippen LogP contribution in [0.1, 0.15) is 49.7 Å². The van der Waals surface area contributed by atoms with Crippen LogP contribution in [0.3, 0.4) is 0 Å². The number of hydrogen-bond acceptors (Lipinski definition) is 5. The minimum atomic E-state index is -0.183. The summed E-state index contributed by atoms with van der Waals surface area (Å²) in [4.78, 5) is 19.9. The molecule has 29 heavy (non-hydrogen) atoms. The van der Waals surface area contributed by atoms with Gasteiger partial charge in [0, 0.05) is 43.9 Å². The third-order valence-corrected chi connectivity index (χ3v) is 6.18. The zero-order valence-corrected chi connectivity index (χ0v) is 16.7. The van der Waals surface area contributed by atoms with E-state index in [1.807, 2.05) is 46.2 Å². The molecule has 0 N–H and O–H groups in total. The van der Waals surface area contributed by atoms with Crippen LogP contribution < -0.4 is 0 Å². The number of amides is 1. The zero-order valence-electron chi connectivity index (χ0n) is 16.7. The molecule has 7 nitrogen and oxygen atoms in total. The number of carbonyl (C=O) groups excluding carboxylic acids is 1. The Balaban J connectivity index is 1.24. The number of hydrogen-bond donors (Lipinski definition) is 0. The summed E-state index contributed by atoms with van der Waals surface area (Å²) in [6.45, 7) is 4.96. The van der Waals surface area contributed by atoms with E-state index in [0.717, 1.165) is 61.5 Å². The van der Waals surface area contributed by atoms with Crippen LogP contribution in [0.25, 0.3) is 11.1 Å². The molecule has 152 valence electrons. The third kappa shape index (κ3) is 3.44. The highest BCUT2D eigenvalue weighted by Crippen LogP contribution is 2.37. The standard InChI is InChI=1S/C22H26N4O3/c1-2-26-14-16(13-23-26)20-17(9-12-28-20)22(27)25-10-7-15(8-11-25)21-24-18-5-3-4-6-19(18)29-21/h3-6,13-15,17,20H,2,7-12H2,1H3/t17-,20+/m0/s1. The fourth-order valence-corrected chi connectivity index (χ4v) is 4.52. The quantitative estimate of drug-likeness (QED) is 0.677. The van der Waals surface area contributed by atoms with Gasteiger partial charge in [-0.25, -0.2) is 4.98 Å². The number of benzene rings is 1. The van der Waals surface area contributed by atoms with Gasteiger partial charge >= 0.3 is 0 Å². The van der Waals surface area contributed by atoms with Gasteiger partial charge in [0.1, 0.15) is 5.52 Å². The van der Waals surface area contributed by atoms with Crippen molar-refractivity contribution in [3.8, 4) is 0 Å². The first-order valence-electron chi connectivity index (χ1n) is 10.5. The van der Waals surface area contributed by atoms with E-state index in [1.54, 1.807) is 0 Å². The normalized spacial score (nSPS) is 23.1. The second kappa shape index (κ2) is 7.63. The lowest BCUT2D eigenvalue weighted by molar-refractivity contribution is -0.138. The van der Waals surface area contributed by atoms with Crippen molar-refractivity contribution in [2.75, 3.05) is 19.7 Å². The Hall–Kier alpha value is -2.67. The molecule has 7 heteroatoms. The molecular formula is C22H26N4O3. The van der Waals surface area contributed by atoms with Gasteiger partial charge in [-0.05, 0) is 38.3 Å². The Morgan fingerprint density at radius 3 is 2.79 bits per heavy atom. The van der Waals surface area contributed by atoms with Crippen molar-refractivity contribution in [1.29, 1.82) is 0 Å². The molecule has 5 rings (SSSR count). The predicted octanol–water partition coefficient (Wildman–Crippen LogP) is 3.53. The number of para-hydroxylation sites is 2. The lowest BCUT2D eigenvalue weighted by Gasteiger charge is -2.33. The number of oxazole rings is 1. The highest BCUT2D eigenvalue weighted by molar-refractivity contribution is 5.80. The minimum Gasteiger partial charge on any atom is -0.440 e. The summed E-state index contributed by atoms with van der Waals surface area (Å²) in [5.74, 6) is 1.15. The summed E-state index contributed by atoms with van der Waals surface area (Å²) in [7, 11) is 0. The summed E-state index contributed by atoms with van der Waals surface area (Å²) in [5.41, 5.74) is 2.74. The van der Waals surface area contributed by atoms with Gasteiger partial charge in [-0.3, -0.25) is 9.48 Å². The van der Waals surface area contributed by atoms with Crippen molar-refractivity contribution in [2.24, 2.45) is 5.92 Å². The summed E-state index contributed by atoms with van der Waals surface area (Å²) in [6, 6.07) is 7.86. The average molecular weight is 394 g/mol. The van der Waals surface area contributed by atoms with E-state index in [1.165, 1.54) is 0 Å². The fourth-order valence-electron chi connectivity index (χ4n) is 4.52. The third-order valence-electron chi connectivity index (χ3n) is 6.18. The van der Waals surface area contributed by atoms with Crippen LogP contribution >= 0.6 is 0 Å². The predicted molar refractivity (Wildman–Crippen MR) is 107 cm³/mol. The van der Waals surface area contributed by atoms with Crippen LogP contribution in [0.5, 0.6) is 0 Å². The molecule has 0 unspecified atom stereocenters. The number of carbonyl (C=O) groups is 1. The minimum absolute atomic E-state index is 0.120. The molecule has 3 aromatic rings. The zero-order chi connectivity index (χ0) is 19.8. The van der Waals surface area contributed by atoms with Crippen LogP contribution in [0.15, 0.2) is 41.1 Å². The van der Waals surface area contributed by atoms with Crippen molar-refractivity contribution >= 4 is 17.0 Å². The first-order chi connectivity index (χ1) is 14.2. The molecule has 1 aromatic carbocycles. The van der Waals surface area contributed by atoms with E-state index in [9.17, 15) is 4.79 Å². The summed E-state index contributed by atoms with van der Waals surface area (Å²) < 4.78 is 13.7. The topological polar surface area (TPSA) is 73.4 Å². The Kier molecular flexibility index (Phi) is 4.83. The van der Waals surface area contributed by atoms with Gasteiger partial charge in [0.15, 0.2) is 11.5 Å². The summed E-state index contributed by atoms with van der Waals surface area (Å²) >= 11 is 0. The van der Waals surface area contributed by atoms with Crippen LogP contribution in [0.2, 0.25) is 0 Å². The van der Waals surface area contributed by atoms with E-state index in [0.29, 0.717) is 6.61 Å². The number of aromatic nitrogens is 3. The van der Waals surface area contributed by atoms with Crippen LogP contribution in [0, 0.1) is 5.92 Å². The number of aryl methyl sites for hydroxylation is 1. The fraction of sp³-hybridized carbons (Fsp3) is 0.500. The van der Waals surface area contributed by atoms with Gasteiger partial charge in [0.2, 0.25) is 5.91 Å². The molecule has 0 bridgehead atoms. The molecule has 0 radical (unpaired) electrons. The number of likely N-dealkylation sites (tertiary alicyclic amines) is 1. The molecule has 2 aromatic heterocycles. The average Bonchev–Trinajstić information content (AvgIpc) is 3.51. The lowest BCUT2D eigenvalue weighted by atomic mass is 9.92. The van der Waals surface area contributed by atoms with Crippen LogP contribution in [-0.2, 0) is 16.1 Å². The molecule has 0 saturated carbocycles. The smallest absolute Gasteiger partial charge is 0.228 e. The summed E-state index contributed by atoms with van der Waals surface area (Å²) in [6.07, 6.45) is 6.17. The first kappa shape index (κ1) is 18.4. The molecule has 2 aliphatic heterocycles. The van der Waals surface area contributed by atoms with Gasteiger partial charge in [-0.15, -0.1) is 0 Å². The van der Waals surface area contributed by atoms with E-state index in [2.05, 4.69) is 17.0 Å². The second-order valence-corrected chi connectivity index (χ2v) is 7.94. The molecular weight excluding hydrogens is 368 g/mol. The van der Waals surface area contributed by atoms with Crippen molar-refractivity contribution in [3.63, 3.8) is 0 Å². The number of nitrogens with zero attached hydrogens (tertiary/aromatic N) is 4. The van der Waals surface area contributed by atoms with E-state index < -0.39 is 0 Å². The van der Waals surface area contributed by atoms with E-state index in [4.69, 9.17) is 9.15 Å². The first-order valence-corrected chi connectivity index (χ1v) is 10.5. The molecule has 0 spiro atoms. The van der Waals surface area contributed by atoms with E-state index in [-0.39, 0.29) is 23.8 Å². The lowest BCUT2D eigenvalue weighted by Crippen LogP contribution is -2.42. The Morgan fingerprint density at radius 2 is 2.03 bits per heavy atom. The molecule has 2 aliphatic rings. The van der Waals surface area contributed by atoms with Gasteiger partial charge in [-0.2, -0.15) is 5.10 Å². The molecule has 2 atom stereocenters. The number of rotatable bonds is 4. The van der Waals surface area contributed by atoms with Crippen molar-refractivity contribution in [2.45, 2.75) is 44.8 Å². The number of ether oxygens (including phenoxy) is 1. The van der Waals surface area contributed by atoms with Gasteiger partial charge < -0.3 is 14.1 Å². The second-order valence-electron chi connectivity index (χ2n) is 7.94. The molecule has 0 aliphatic carbocycles. The van der Waals surface area contributed by atoms with Crippen molar-refractivity contribution in [1.82, 2.24) is 19.7 Å². The maximum absolute atomic E-state index is 13.2. The number of piperidine rings is 1. The molecule has 2 fully saturated rings. The monoisotopic (exact) mass is 394 g/mol. The highest BCUT2D eigenvalue weighted by Gasteiger charge is 2.39. The summed E-state index contributed by atoms with van der Waals surface area (Å²) in [5, 5.41) is 4.34. The van der Waals surface area contributed by atoms with Gasteiger partial charge in [-0.1, -0.05) is 12.1 Å². The molecule has 1 amide bonds. The largest absolute Gasteiger partial charge is 0.440 e. The Bertz CT molecular complexity index is 969. The Labute approximate surface area is 169 Å². The van der Waals surface area contributed by atoms with E-state index >= 15 is 0 Å². The molecule has 2 saturated heterocycles. The van der Waals surface area contributed by atoms with Gasteiger partial charge in [0.25, 0.3) is 0 Å². The van der Waals surface area contributed by atoms with Gasteiger partial charge in [0.05, 0.1) is 18.2 Å². The Morgan fingerprint density at radius 1 is 1.21 bits per heavy atom. The van der Waals surface area contributed by atoms with Crippen LogP contribution in [0.4, 0.5) is 0 Å². The number of fused-ring (bicyclic) bond motifs is 1. The van der Waals surface area contributed by atoms with Crippen LogP contribution in [-0.4, -0.2) is 45.3 Å². The van der Waals surface area contributed by atoms with Crippen molar-refractivity contribution < 1.29 is 13.9 Å². The maximum atomic E-state index is 13.2. The highest BCUT2D eigenvalue weighted by atomic mass is 16.5. The molecule has 4 heterocycles. The SMILES string of the molecule is CCn1cc([C@H]2OCC[C@@H]2C(=O)N2CCC(c3nc4ccccc4o3)CC2)cn1.